The van der Waals surface area contributed by atoms with Crippen molar-refractivity contribution in [3.63, 3.8) is 0 Å². The molecule has 13 heteroatoms. The van der Waals surface area contributed by atoms with Crippen molar-refractivity contribution in [1.29, 1.82) is 0 Å². The van der Waals surface area contributed by atoms with Crippen LogP contribution in [-0.2, 0) is 26.2 Å². The molecule has 0 saturated carbocycles. The number of hydrogen-bond donors (Lipinski definition) is 4. The minimum absolute atomic E-state index is 0.0566. The van der Waals surface area contributed by atoms with E-state index in [1.165, 1.54) is 49.0 Å². The number of carbonyl (C=O) groups excluding carboxylic acids is 3. The van der Waals surface area contributed by atoms with Crippen molar-refractivity contribution in [2.24, 2.45) is 5.73 Å². The molecule has 0 aliphatic heterocycles. The van der Waals surface area contributed by atoms with Crippen molar-refractivity contribution in [2.75, 3.05) is 26.7 Å². The van der Waals surface area contributed by atoms with E-state index in [2.05, 4.69) is 27.5 Å². The summed E-state index contributed by atoms with van der Waals surface area (Å²) in [4.78, 5) is 63.7. The van der Waals surface area contributed by atoms with Gasteiger partial charge in [0, 0.05) is 55.0 Å². The van der Waals surface area contributed by atoms with E-state index in [1.54, 1.807) is 18.5 Å². The maximum absolute atomic E-state index is 13.7. The third kappa shape index (κ3) is 13.0. The zero-order valence-corrected chi connectivity index (χ0v) is 33.3. The lowest BCUT2D eigenvalue weighted by Crippen LogP contribution is -2.53. The second-order valence-electron chi connectivity index (χ2n) is 14.6. The van der Waals surface area contributed by atoms with Gasteiger partial charge in [0.05, 0.1) is 17.9 Å². The third-order valence-corrected chi connectivity index (χ3v) is 10.6. The van der Waals surface area contributed by atoms with Crippen molar-refractivity contribution >= 4 is 35.0 Å². The maximum Gasteiger partial charge on any atom is 0.326 e. The molecule has 0 saturated heterocycles. The fourth-order valence-corrected chi connectivity index (χ4v) is 6.68. The molecule has 3 amide bonds. The highest BCUT2D eigenvalue weighted by Crippen LogP contribution is 2.30. The minimum Gasteiger partial charge on any atom is -0.494 e. The van der Waals surface area contributed by atoms with Crippen LogP contribution in [0.15, 0.2) is 73.1 Å². The SMILES string of the molecule is CCCCCCCOc1ccc(-c2cnc(-c3ccc(C[C@H](NC(=O)c4ccc(C(C)(C)C)s4)C(=O)N[C@@H](CC(=O)N(C)CCN)C(=O)O)cc3)nc2)cc1. The number of carboxylic acid groups (broad SMARTS) is 1. The highest BCUT2D eigenvalue weighted by molar-refractivity contribution is 7.14. The molecular formula is C42H54N6O6S. The lowest BCUT2D eigenvalue weighted by Gasteiger charge is -2.23. The van der Waals surface area contributed by atoms with E-state index in [-0.39, 0.29) is 24.9 Å². The molecule has 4 rings (SSSR count). The van der Waals surface area contributed by atoms with Gasteiger partial charge in [0.25, 0.3) is 5.91 Å². The van der Waals surface area contributed by atoms with Crippen LogP contribution in [0.2, 0.25) is 0 Å². The third-order valence-electron chi connectivity index (χ3n) is 9.08. The number of unbranched alkanes of at least 4 members (excludes halogenated alkanes) is 4. The van der Waals surface area contributed by atoms with Gasteiger partial charge >= 0.3 is 5.97 Å². The number of ether oxygens (including phenoxy) is 1. The fraction of sp³-hybridized carbons (Fsp3) is 0.429. The van der Waals surface area contributed by atoms with Crippen LogP contribution < -0.4 is 21.1 Å². The Hall–Kier alpha value is -5.14. The average Bonchev–Trinajstić information content (AvgIpc) is 3.68. The Kier molecular flexibility index (Phi) is 15.9. The highest BCUT2D eigenvalue weighted by Gasteiger charge is 2.30. The average molecular weight is 771 g/mol. The fourth-order valence-electron chi connectivity index (χ4n) is 5.71. The van der Waals surface area contributed by atoms with Crippen LogP contribution in [0.25, 0.3) is 22.5 Å². The quantitative estimate of drug-likeness (QED) is 0.0759. The number of likely N-dealkylation sites (N-methyl/N-ethyl adjacent to an activating group) is 1. The number of aliphatic carboxylic acids is 1. The van der Waals surface area contributed by atoms with Crippen molar-refractivity contribution in [2.45, 2.75) is 90.1 Å². The normalized spacial score (nSPS) is 12.4. The molecule has 0 aliphatic carbocycles. The van der Waals surface area contributed by atoms with Gasteiger partial charge in [-0.2, -0.15) is 0 Å². The van der Waals surface area contributed by atoms with Gasteiger partial charge in [-0.05, 0) is 47.2 Å². The number of amides is 3. The van der Waals surface area contributed by atoms with E-state index in [1.807, 2.05) is 75.4 Å². The Morgan fingerprint density at radius 2 is 1.51 bits per heavy atom. The van der Waals surface area contributed by atoms with Crippen LogP contribution in [0, 0.1) is 0 Å². The van der Waals surface area contributed by atoms with Gasteiger partial charge in [-0.1, -0.05) is 89.8 Å². The number of nitrogens with zero attached hydrogens (tertiary/aromatic N) is 3. The van der Waals surface area contributed by atoms with Crippen molar-refractivity contribution in [3.8, 4) is 28.3 Å². The smallest absolute Gasteiger partial charge is 0.326 e. The van der Waals surface area contributed by atoms with Crippen molar-refractivity contribution < 1.29 is 29.0 Å². The molecular weight excluding hydrogens is 717 g/mol. The van der Waals surface area contributed by atoms with Gasteiger partial charge in [0.1, 0.15) is 17.8 Å². The number of thiophene rings is 1. The molecule has 0 aliphatic rings. The molecule has 4 aromatic rings. The number of hydrogen-bond acceptors (Lipinski definition) is 9. The van der Waals surface area contributed by atoms with Gasteiger partial charge in [-0.25, -0.2) is 14.8 Å². The highest BCUT2D eigenvalue weighted by atomic mass is 32.1. The van der Waals surface area contributed by atoms with Gasteiger partial charge in [0.2, 0.25) is 11.8 Å². The van der Waals surface area contributed by atoms with Crippen LogP contribution in [0.4, 0.5) is 0 Å². The number of carbonyl (C=O) groups is 4. The van der Waals surface area contributed by atoms with Crippen LogP contribution in [0.3, 0.4) is 0 Å². The molecule has 0 unspecified atom stereocenters. The van der Waals surface area contributed by atoms with Crippen molar-refractivity contribution in [1.82, 2.24) is 25.5 Å². The van der Waals surface area contributed by atoms with Crippen LogP contribution in [0.1, 0.15) is 86.3 Å². The standard InChI is InChI=1S/C42H54N6O6S/c1-6-7-8-9-10-23-54-32-17-15-29(16-18-32)31-26-44-38(45-27-31)30-13-11-28(12-14-30)24-33(46-40(51)35-19-20-36(55-35)42(2,3)4)39(50)47-34(41(52)53)25-37(49)48(5)22-21-43/h11-20,26-27,33-34H,6-10,21-25,43H2,1-5H3,(H,46,51)(H,47,50)(H,52,53)/t33-,34-/m0/s1. The van der Waals surface area contributed by atoms with Crippen LogP contribution in [0.5, 0.6) is 5.75 Å². The maximum atomic E-state index is 13.7. The van der Waals surface area contributed by atoms with E-state index >= 15 is 0 Å². The number of rotatable bonds is 20. The Morgan fingerprint density at radius 3 is 2.11 bits per heavy atom. The second kappa shape index (κ2) is 20.5. The molecule has 0 spiro atoms. The molecule has 2 aromatic carbocycles. The van der Waals surface area contributed by atoms with Gasteiger partial charge in [-0.3, -0.25) is 14.4 Å². The van der Waals surface area contributed by atoms with E-state index < -0.39 is 42.2 Å². The Morgan fingerprint density at radius 1 is 0.855 bits per heavy atom. The van der Waals surface area contributed by atoms with E-state index in [0.29, 0.717) is 22.9 Å². The van der Waals surface area contributed by atoms with Gasteiger partial charge in [0.15, 0.2) is 5.82 Å². The van der Waals surface area contributed by atoms with E-state index in [0.717, 1.165) is 33.7 Å². The molecule has 0 bridgehead atoms. The predicted molar refractivity (Wildman–Crippen MR) is 216 cm³/mol. The Labute approximate surface area is 327 Å². The summed E-state index contributed by atoms with van der Waals surface area (Å²) in [5.74, 6) is -1.69. The molecule has 2 atom stereocenters. The lowest BCUT2D eigenvalue weighted by molar-refractivity contribution is -0.145. The Bertz CT molecular complexity index is 1860. The van der Waals surface area contributed by atoms with Crippen molar-refractivity contribution in [3.05, 3.63) is 88.4 Å². The van der Waals surface area contributed by atoms with Crippen LogP contribution >= 0.6 is 11.3 Å². The molecule has 0 radical (unpaired) electrons. The number of nitrogens with two attached hydrogens (primary N) is 1. The van der Waals surface area contributed by atoms with E-state index in [4.69, 9.17) is 10.5 Å². The van der Waals surface area contributed by atoms with E-state index in [9.17, 15) is 24.3 Å². The van der Waals surface area contributed by atoms with Crippen LogP contribution in [-0.4, -0.2) is 82.5 Å². The topological polar surface area (TPSA) is 177 Å². The first-order chi connectivity index (χ1) is 26.3. The predicted octanol–water partition coefficient (Wildman–Crippen LogP) is 6.24. The summed E-state index contributed by atoms with van der Waals surface area (Å²) in [6.07, 6.45) is 9.07. The molecule has 0 fully saturated rings. The molecule has 2 heterocycles. The first-order valence-corrected chi connectivity index (χ1v) is 19.6. The monoisotopic (exact) mass is 770 g/mol. The number of carboxylic acids is 1. The summed E-state index contributed by atoms with van der Waals surface area (Å²) in [5, 5.41) is 15.1. The zero-order chi connectivity index (χ0) is 40.0. The lowest BCUT2D eigenvalue weighted by atomic mass is 9.95. The number of aromatic nitrogens is 2. The summed E-state index contributed by atoms with van der Waals surface area (Å²) in [6, 6.07) is 16.1. The summed E-state index contributed by atoms with van der Waals surface area (Å²) in [7, 11) is 1.51. The molecule has 294 valence electrons. The van der Waals surface area contributed by atoms with Gasteiger partial charge < -0.3 is 31.1 Å². The second-order valence-corrected chi connectivity index (χ2v) is 15.7. The first-order valence-electron chi connectivity index (χ1n) is 18.8. The molecule has 12 nitrogen and oxygen atoms in total. The first kappa shape index (κ1) is 42.6. The molecule has 55 heavy (non-hydrogen) atoms. The largest absolute Gasteiger partial charge is 0.494 e. The molecule has 5 N–H and O–H groups in total. The van der Waals surface area contributed by atoms with Gasteiger partial charge in [-0.15, -0.1) is 11.3 Å². The zero-order valence-electron chi connectivity index (χ0n) is 32.5. The summed E-state index contributed by atoms with van der Waals surface area (Å²) in [6.45, 7) is 9.50. The Balaban J connectivity index is 1.45. The summed E-state index contributed by atoms with van der Waals surface area (Å²) in [5.41, 5.74) is 8.66. The number of benzene rings is 2. The molecule has 2 aromatic heterocycles. The number of nitrogens with one attached hydrogen (secondary N) is 2. The summed E-state index contributed by atoms with van der Waals surface area (Å²) < 4.78 is 5.89. The summed E-state index contributed by atoms with van der Waals surface area (Å²) >= 11 is 1.33. The minimum atomic E-state index is -1.51.